The molecule has 3 aromatic rings. The first-order valence-corrected chi connectivity index (χ1v) is 8.98. The molecule has 0 radical (unpaired) electrons. The number of anilines is 1. The summed E-state index contributed by atoms with van der Waals surface area (Å²) in [5.74, 6) is 2.06. The van der Waals surface area contributed by atoms with Crippen molar-refractivity contribution >= 4 is 22.9 Å². The van der Waals surface area contributed by atoms with Gasteiger partial charge in [0.1, 0.15) is 10.6 Å². The normalized spacial score (nSPS) is 13.6. The maximum atomic E-state index is 12.2. The van der Waals surface area contributed by atoms with E-state index in [1.807, 2.05) is 42.6 Å². The second-order valence-electron chi connectivity index (χ2n) is 6.05. The molecule has 128 valence electrons. The molecule has 1 aliphatic carbocycles. The SMILES string of the molecule is Cc1ccc(OCC(=O)Nc2ccsc2-c2nc(C3CC3)no2)cc1. The van der Waals surface area contributed by atoms with Gasteiger partial charge in [0.15, 0.2) is 12.4 Å². The van der Waals surface area contributed by atoms with Crippen LogP contribution >= 0.6 is 11.3 Å². The Morgan fingerprint density at radius 2 is 2.12 bits per heavy atom. The van der Waals surface area contributed by atoms with E-state index in [-0.39, 0.29) is 12.5 Å². The van der Waals surface area contributed by atoms with E-state index in [2.05, 4.69) is 15.5 Å². The van der Waals surface area contributed by atoms with Crippen LogP contribution in [-0.4, -0.2) is 22.7 Å². The molecule has 1 N–H and O–H groups in total. The summed E-state index contributed by atoms with van der Waals surface area (Å²) in [6.45, 7) is 1.94. The van der Waals surface area contributed by atoms with Crippen molar-refractivity contribution in [2.45, 2.75) is 25.7 Å². The van der Waals surface area contributed by atoms with Gasteiger partial charge in [0.05, 0.1) is 5.69 Å². The number of amides is 1. The summed E-state index contributed by atoms with van der Waals surface area (Å²) in [6, 6.07) is 9.40. The number of nitrogens with one attached hydrogen (secondary N) is 1. The molecule has 1 aliphatic rings. The molecule has 0 saturated heterocycles. The van der Waals surface area contributed by atoms with E-state index in [0.717, 1.165) is 29.1 Å². The fourth-order valence-electron chi connectivity index (χ4n) is 2.38. The van der Waals surface area contributed by atoms with Crippen molar-refractivity contribution in [3.8, 4) is 16.5 Å². The molecule has 0 spiro atoms. The maximum Gasteiger partial charge on any atom is 0.270 e. The Labute approximate surface area is 148 Å². The fraction of sp³-hybridized carbons (Fsp3) is 0.278. The van der Waals surface area contributed by atoms with Crippen LogP contribution in [-0.2, 0) is 4.79 Å². The van der Waals surface area contributed by atoms with E-state index in [1.165, 1.54) is 11.3 Å². The molecule has 2 heterocycles. The van der Waals surface area contributed by atoms with Gasteiger partial charge in [-0.3, -0.25) is 4.79 Å². The number of thiophene rings is 1. The third kappa shape index (κ3) is 3.71. The molecular weight excluding hydrogens is 338 g/mol. The molecule has 1 aromatic carbocycles. The Kier molecular flexibility index (Phi) is 4.23. The van der Waals surface area contributed by atoms with Crippen LogP contribution in [0.5, 0.6) is 5.75 Å². The third-order valence-electron chi connectivity index (χ3n) is 3.91. The fourth-order valence-corrected chi connectivity index (χ4v) is 3.15. The zero-order valence-corrected chi connectivity index (χ0v) is 14.5. The first kappa shape index (κ1) is 15.8. The van der Waals surface area contributed by atoms with Crippen LogP contribution in [0.1, 0.15) is 30.1 Å². The number of carbonyl (C=O) groups is 1. The molecule has 1 fully saturated rings. The summed E-state index contributed by atoms with van der Waals surface area (Å²) >= 11 is 1.45. The lowest BCUT2D eigenvalue weighted by atomic mass is 10.2. The summed E-state index contributed by atoms with van der Waals surface area (Å²) in [4.78, 5) is 17.4. The standard InChI is InChI=1S/C18H17N3O3S/c1-11-2-6-13(7-3-11)23-10-15(22)19-14-8-9-25-16(14)18-20-17(21-24-18)12-4-5-12/h2-3,6-9,12H,4-5,10H2,1H3,(H,19,22). The predicted molar refractivity (Wildman–Crippen MR) is 94.9 cm³/mol. The smallest absolute Gasteiger partial charge is 0.270 e. The largest absolute Gasteiger partial charge is 0.484 e. The molecule has 7 heteroatoms. The van der Waals surface area contributed by atoms with Gasteiger partial charge in [0, 0.05) is 5.92 Å². The van der Waals surface area contributed by atoms with Crippen molar-refractivity contribution in [3.63, 3.8) is 0 Å². The van der Waals surface area contributed by atoms with Crippen LogP contribution in [0.2, 0.25) is 0 Å². The summed E-state index contributed by atoms with van der Waals surface area (Å²) in [5.41, 5.74) is 1.80. The highest BCUT2D eigenvalue weighted by Crippen LogP contribution is 2.40. The minimum atomic E-state index is -0.234. The van der Waals surface area contributed by atoms with Crippen LogP contribution in [0, 0.1) is 6.92 Å². The number of nitrogens with zero attached hydrogens (tertiary/aromatic N) is 2. The molecule has 4 rings (SSSR count). The quantitative estimate of drug-likeness (QED) is 0.723. The second kappa shape index (κ2) is 6.68. The van der Waals surface area contributed by atoms with E-state index >= 15 is 0 Å². The number of rotatable bonds is 6. The first-order chi connectivity index (χ1) is 12.2. The Hall–Kier alpha value is -2.67. The van der Waals surface area contributed by atoms with Gasteiger partial charge in [0.25, 0.3) is 11.8 Å². The summed E-state index contributed by atoms with van der Waals surface area (Å²) < 4.78 is 10.8. The molecule has 6 nitrogen and oxygen atoms in total. The number of carbonyl (C=O) groups excluding carboxylic acids is 1. The Morgan fingerprint density at radius 3 is 2.88 bits per heavy atom. The van der Waals surface area contributed by atoms with Crippen molar-refractivity contribution in [2.24, 2.45) is 0 Å². The van der Waals surface area contributed by atoms with Gasteiger partial charge >= 0.3 is 0 Å². The van der Waals surface area contributed by atoms with Crippen molar-refractivity contribution in [2.75, 3.05) is 11.9 Å². The van der Waals surface area contributed by atoms with E-state index in [0.29, 0.717) is 23.2 Å². The van der Waals surface area contributed by atoms with Gasteiger partial charge in [0.2, 0.25) is 0 Å². The minimum Gasteiger partial charge on any atom is -0.484 e. The number of hydrogen-bond donors (Lipinski definition) is 1. The van der Waals surface area contributed by atoms with Crippen molar-refractivity contribution in [1.29, 1.82) is 0 Å². The average molecular weight is 355 g/mol. The van der Waals surface area contributed by atoms with Crippen LogP contribution < -0.4 is 10.1 Å². The maximum absolute atomic E-state index is 12.2. The van der Waals surface area contributed by atoms with Gasteiger partial charge < -0.3 is 14.6 Å². The predicted octanol–water partition coefficient (Wildman–Crippen LogP) is 4.00. The molecule has 2 aromatic heterocycles. The number of benzene rings is 1. The van der Waals surface area contributed by atoms with Crippen molar-refractivity contribution in [1.82, 2.24) is 10.1 Å². The van der Waals surface area contributed by atoms with Gasteiger partial charge in [-0.15, -0.1) is 11.3 Å². The van der Waals surface area contributed by atoms with E-state index < -0.39 is 0 Å². The highest BCUT2D eigenvalue weighted by molar-refractivity contribution is 7.14. The van der Waals surface area contributed by atoms with Gasteiger partial charge in [-0.2, -0.15) is 4.98 Å². The monoisotopic (exact) mass is 355 g/mol. The van der Waals surface area contributed by atoms with Crippen molar-refractivity contribution < 1.29 is 14.1 Å². The van der Waals surface area contributed by atoms with E-state index in [1.54, 1.807) is 0 Å². The topological polar surface area (TPSA) is 77.2 Å². The lowest BCUT2D eigenvalue weighted by molar-refractivity contribution is -0.118. The second-order valence-corrected chi connectivity index (χ2v) is 6.96. The molecule has 0 aliphatic heterocycles. The average Bonchev–Trinajstić information content (AvgIpc) is 3.16. The molecule has 0 atom stereocenters. The van der Waals surface area contributed by atoms with Gasteiger partial charge in [-0.05, 0) is 43.3 Å². The lowest BCUT2D eigenvalue weighted by Crippen LogP contribution is -2.20. The highest BCUT2D eigenvalue weighted by Gasteiger charge is 2.29. The first-order valence-electron chi connectivity index (χ1n) is 8.10. The highest BCUT2D eigenvalue weighted by atomic mass is 32.1. The minimum absolute atomic E-state index is 0.0600. The zero-order chi connectivity index (χ0) is 17.2. The van der Waals surface area contributed by atoms with E-state index in [9.17, 15) is 4.79 Å². The third-order valence-corrected chi connectivity index (χ3v) is 4.81. The number of ether oxygens (including phenoxy) is 1. The van der Waals surface area contributed by atoms with Crippen LogP contribution in [0.15, 0.2) is 40.2 Å². The number of hydrogen-bond acceptors (Lipinski definition) is 6. The van der Waals surface area contributed by atoms with Crippen LogP contribution in [0.4, 0.5) is 5.69 Å². The van der Waals surface area contributed by atoms with Gasteiger partial charge in [-0.25, -0.2) is 0 Å². The Balaban J connectivity index is 1.39. The number of aryl methyl sites for hydroxylation is 1. The molecular formula is C18H17N3O3S. The van der Waals surface area contributed by atoms with Crippen molar-refractivity contribution in [3.05, 3.63) is 47.1 Å². The molecule has 0 bridgehead atoms. The molecule has 1 amide bonds. The Morgan fingerprint density at radius 1 is 1.32 bits per heavy atom. The van der Waals surface area contributed by atoms with Gasteiger partial charge in [-0.1, -0.05) is 22.9 Å². The summed E-state index contributed by atoms with van der Waals surface area (Å²) in [7, 11) is 0. The van der Waals surface area contributed by atoms with Crippen LogP contribution in [0.3, 0.4) is 0 Å². The molecule has 1 saturated carbocycles. The lowest BCUT2D eigenvalue weighted by Gasteiger charge is -2.07. The number of aromatic nitrogens is 2. The van der Waals surface area contributed by atoms with Crippen LogP contribution in [0.25, 0.3) is 10.8 Å². The van der Waals surface area contributed by atoms with E-state index in [4.69, 9.17) is 9.26 Å². The summed E-state index contributed by atoms with van der Waals surface area (Å²) in [6.07, 6.45) is 2.23. The summed E-state index contributed by atoms with van der Waals surface area (Å²) in [5, 5.41) is 8.75. The molecule has 0 unspecified atom stereocenters. The zero-order valence-electron chi connectivity index (χ0n) is 13.7. The Bertz CT molecular complexity index is 881. The molecule has 25 heavy (non-hydrogen) atoms.